The summed E-state index contributed by atoms with van der Waals surface area (Å²) < 4.78 is 47.8. The Kier molecular flexibility index (Phi) is 4.35. The van der Waals surface area contributed by atoms with Crippen molar-refractivity contribution in [3.05, 3.63) is 46.7 Å². The van der Waals surface area contributed by atoms with Crippen LogP contribution in [0.5, 0.6) is 0 Å². The fraction of sp³-hybridized carbons (Fsp3) is 0.0909. The van der Waals surface area contributed by atoms with Crippen LogP contribution in [-0.2, 0) is 27.3 Å². The van der Waals surface area contributed by atoms with Gasteiger partial charge in [-0.15, -0.1) is 11.3 Å². The van der Waals surface area contributed by atoms with Gasteiger partial charge in [-0.25, -0.2) is 21.6 Å². The molecule has 102 valence electrons. The summed E-state index contributed by atoms with van der Waals surface area (Å²) in [6.07, 6.45) is 0. The number of rotatable bonds is 5. The maximum Gasteiger partial charge on any atom is 0.240 e. The summed E-state index contributed by atoms with van der Waals surface area (Å²) in [6, 6.07) is 8.76. The van der Waals surface area contributed by atoms with Gasteiger partial charge in [0.25, 0.3) is 0 Å². The van der Waals surface area contributed by atoms with Gasteiger partial charge in [-0.1, -0.05) is 6.07 Å². The van der Waals surface area contributed by atoms with Crippen LogP contribution in [0.2, 0.25) is 0 Å². The van der Waals surface area contributed by atoms with E-state index < -0.39 is 20.7 Å². The Labute approximate surface area is 116 Å². The molecule has 8 heteroatoms. The van der Waals surface area contributed by atoms with Crippen LogP contribution in [0.15, 0.2) is 51.6 Å². The van der Waals surface area contributed by atoms with Crippen molar-refractivity contribution in [2.24, 2.45) is 0 Å². The van der Waals surface area contributed by atoms with E-state index in [1.807, 2.05) is 17.5 Å². The molecule has 1 aromatic heterocycles. The molecule has 0 spiro atoms. The predicted molar refractivity (Wildman–Crippen MR) is 73.4 cm³/mol. The van der Waals surface area contributed by atoms with Crippen molar-refractivity contribution < 1.29 is 16.8 Å². The molecule has 0 bridgehead atoms. The van der Waals surface area contributed by atoms with Crippen LogP contribution in [0.3, 0.4) is 0 Å². The molecule has 0 radical (unpaired) electrons. The lowest BCUT2D eigenvalue weighted by Crippen LogP contribution is -2.22. The standard InChI is InChI=1S/C11H11NO4S3/c13-18(14)10-3-5-11(6-4-10)19(15,16)12-8-9-2-1-7-17-9/h1-7,12,18H,8H2. The second-order valence-electron chi connectivity index (χ2n) is 3.65. The van der Waals surface area contributed by atoms with Gasteiger partial charge >= 0.3 is 0 Å². The molecule has 1 aromatic carbocycles. The van der Waals surface area contributed by atoms with Crippen molar-refractivity contribution in [1.82, 2.24) is 4.72 Å². The first-order valence-electron chi connectivity index (χ1n) is 5.25. The maximum atomic E-state index is 12.0. The molecule has 19 heavy (non-hydrogen) atoms. The molecule has 0 amide bonds. The summed E-state index contributed by atoms with van der Waals surface area (Å²) >= 11 is 1.46. The number of hydrogen-bond acceptors (Lipinski definition) is 5. The van der Waals surface area contributed by atoms with Crippen LogP contribution in [0.4, 0.5) is 0 Å². The molecule has 2 aromatic rings. The highest BCUT2D eigenvalue weighted by Gasteiger charge is 2.13. The lowest BCUT2D eigenvalue weighted by atomic mass is 10.4. The smallest absolute Gasteiger partial charge is 0.227 e. The zero-order valence-electron chi connectivity index (χ0n) is 9.65. The van der Waals surface area contributed by atoms with E-state index in [-0.39, 0.29) is 16.3 Å². The molecule has 0 saturated heterocycles. The number of sulfonamides is 1. The average molecular weight is 317 g/mol. The Bertz CT molecular complexity index is 708. The van der Waals surface area contributed by atoms with Gasteiger partial charge in [-0.3, -0.25) is 0 Å². The fourth-order valence-corrected chi connectivity index (χ4v) is 3.54. The van der Waals surface area contributed by atoms with Crippen LogP contribution >= 0.6 is 11.3 Å². The SMILES string of the molecule is O=[SH](=O)c1ccc(S(=O)(=O)NCc2cccs2)cc1. The molecule has 0 atom stereocenters. The van der Waals surface area contributed by atoms with Gasteiger partial charge in [-0.2, -0.15) is 0 Å². The highest BCUT2D eigenvalue weighted by atomic mass is 32.2. The van der Waals surface area contributed by atoms with Crippen molar-refractivity contribution in [2.45, 2.75) is 16.3 Å². The van der Waals surface area contributed by atoms with Crippen molar-refractivity contribution in [3.63, 3.8) is 0 Å². The molecule has 1 N–H and O–H groups in total. The fourth-order valence-electron chi connectivity index (χ4n) is 1.41. The lowest BCUT2D eigenvalue weighted by Gasteiger charge is -2.05. The Hall–Kier alpha value is -1.22. The maximum absolute atomic E-state index is 12.0. The van der Waals surface area contributed by atoms with Gasteiger partial charge < -0.3 is 0 Å². The van der Waals surface area contributed by atoms with E-state index in [1.165, 1.54) is 35.6 Å². The molecule has 0 aliphatic heterocycles. The molecule has 2 rings (SSSR count). The van der Waals surface area contributed by atoms with Gasteiger partial charge in [0.2, 0.25) is 10.0 Å². The highest BCUT2D eigenvalue weighted by molar-refractivity contribution is 7.89. The zero-order chi connectivity index (χ0) is 13.9. The topological polar surface area (TPSA) is 80.3 Å². The molecule has 5 nitrogen and oxygen atoms in total. The van der Waals surface area contributed by atoms with Gasteiger partial charge in [-0.05, 0) is 35.7 Å². The van der Waals surface area contributed by atoms with E-state index in [0.29, 0.717) is 0 Å². The van der Waals surface area contributed by atoms with E-state index >= 15 is 0 Å². The van der Waals surface area contributed by atoms with E-state index in [4.69, 9.17) is 0 Å². The minimum atomic E-state index is -3.62. The average Bonchev–Trinajstić information content (AvgIpc) is 2.90. The van der Waals surface area contributed by atoms with Gasteiger partial charge in [0.1, 0.15) is 0 Å². The molecular weight excluding hydrogens is 306 g/mol. The normalized spacial score (nSPS) is 11.8. The number of hydrogen-bond donors (Lipinski definition) is 2. The Morgan fingerprint density at radius 3 is 2.32 bits per heavy atom. The van der Waals surface area contributed by atoms with Gasteiger partial charge in [0.05, 0.1) is 9.79 Å². The molecular formula is C11H11NO4S3. The summed E-state index contributed by atoms with van der Waals surface area (Å²) in [5, 5.41) is 1.86. The van der Waals surface area contributed by atoms with Crippen LogP contribution in [0, 0.1) is 0 Å². The molecule has 0 fully saturated rings. The minimum Gasteiger partial charge on any atom is -0.227 e. The van der Waals surface area contributed by atoms with E-state index in [0.717, 1.165) is 4.88 Å². The second-order valence-corrected chi connectivity index (χ2v) is 7.48. The minimum absolute atomic E-state index is 0.0460. The van der Waals surface area contributed by atoms with E-state index in [2.05, 4.69) is 4.72 Å². The third kappa shape index (κ3) is 3.63. The third-order valence-corrected chi connectivity index (χ3v) is 5.39. The van der Waals surface area contributed by atoms with Gasteiger partial charge in [0, 0.05) is 11.4 Å². The van der Waals surface area contributed by atoms with Gasteiger partial charge in [0.15, 0.2) is 10.7 Å². The van der Waals surface area contributed by atoms with Crippen LogP contribution in [0.1, 0.15) is 4.88 Å². The van der Waals surface area contributed by atoms with Crippen molar-refractivity contribution >= 4 is 32.1 Å². The summed E-state index contributed by atoms with van der Waals surface area (Å²) in [4.78, 5) is 1.04. The number of thiol groups is 1. The molecule has 1 heterocycles. The molecule has 0 saturated carbocycles. The third-order valence-electron chi connectivity index (χ3n) is 2.37. The summed E-state index contributed by atoms with van der Waals surface area (Å²) in [5.41, 5.74) is 0. The Morgan fingerprint density at radius 2 is 1.79 bits per heavy atom. The van der Waals surface area contributed by atoms with E-state index in [1.54, 1.807) is 0 Å². The molecule has 0 aliphatic rings. The van der Waals surface area contributed by atoms with Crippen molar-refractivity contribution in [3.8, 4) is 0 Å². The van der Waals surface area contributed by atoms with Crippen LogP contribution in [-0.4, -0.2) is 16.8 Å². The Morgan fingerprint density at radius 1 is 1.11 bits per heavy atom. The summed E-state index contributed by atoms with van der Waals surface area (Å²) in [7, 11) is -6.31. The Balaban J connectivity index is 2.15. The number of benzene rings is 1. The first kappa shape index (κ1) is 14.2. The van der Waals surface area contributed by atoms with E-state index in [9.17, 15) is 16.8 Å². The van der Waals surface area contributed by atoms with Crippen molar-refractivity contribution in [2.75, 3.05) is 0 Å². The summed E-state index contributed by atoms with van der Waals surface area (Å²) in [5.74, 6) is 0. The highest BCUT2D eigenvalue weighted by Crippen LogP contribution is 2.13. The van der Waals surface area contributed by atoms with Crippen molar-refractivity contribution in [1.29, 1.82) is 0 Å². The number of thiophene rings is 1. The molecule has 0 unspecified atom stereocenters. The first-order chi connectivity index (χ1) is 8.99. The largest absolute Gasteiger partial charge is 0.240 e. The summed E-state index contributed by atoms with van der Waals surface area (Å²) in [6.45, 7) is 0.220. The predicted octanol–water partition coefficient (Wildman–Crippen LogP) is 1.20. The quantitative estimate of drug-likeness (QED) is 0.812. The lowest BCUT2D eigenvalue weighted by molar-refractivity contribution is 0.581. The van der Waals surface area contributed by atoms with Crippen LogP contribution < -0.4 is 4.72 Å². The molecule has 0 aliphatic carbocycles. The van der Waals surface area contributed by atoms with Crippen LogP contribution in [0.25, 0.3) is 0 Å². The number of nitrogens with one attached hydrogen (secondary N) is 1. The first-order valence-corrected chi connectivity index (χ1v) is 8.79. The zero-order valence-corrected chi connectivity index (χ0v) is 12.2. The second kappa shape index (κ2) is 5.83. The monoisotopic (exact) mass is 317 g/mol.